The summed E-state index contributed by atoms with van der Waals surface area (Å²) >= 11 is 0. The van der Waals surface area contributed by atoms with Gasteiger partial charge in [0.1, 0.15) is 0 Å². The van der Waals surface area contributed by atoms with Crippen molar-refractivity contribution in [3.63, 3.8) is 0 Å². The molecule has 0 aliphatic rings. The minimum Gasteiger partial charge on any atom is -0.481 e. The summed E-state index contributed by atoms with van der Waals surface area (Å²) in [5.74, 6) is -4.17. The van der Waals surface area contributed by atoms with Crippen molar-refractivity contribution < 1.29 is 55.0 Å². The van der Waals surface area contributed by atoms with Crippen LogP contribution < -0.4 is 22.9 Å². The average molecular weight is 438 g/mol. The van der Waals surface area contributed by atoms with Crippen LogP contribution in [0.5, 0.6) is 0 Å². The zero-order chi connectivity index (χ0) is 23.4. The van der Waals surface area contributed by atoms with Crippen LogP contribution in [0.4, 0.5) is 0 Å². The van der Waals surface area contributed by atoms with E-state index in [1.807, 2.05) is 0 Å². The molecule has 180 valence electrons. The second kappa shape index (κ2) is 49.9. The van der Waals surface area contributed by atoms with Crippen LogP contribution in [0.1, 0.15) is 34.6 Å². The van der Waals surface area contributed by atoms with Crippen molar-refractivity contribution in [1.82, 2.24) is 11.5 Å². The molecule has 15 nitrogen and oxygen atoms in total. The molecule has 15 N–H and O–H groups in total. The molecule has 0 radical (unpaired) electrons. The normalized spacial score (nSPS) is 6.59. The van der Waals surface area contributed by atoms with Gasteiger partial charge in [-0.25, -0.2) is 0 Å². The van der Waals surface area contributed by atoms with Crippen molar-refractivity contribution in [2.24, 2.45) is 11.5 Å². The van der Waals surface area contributed by atoms with E-state index in [1.54, 1.807) is 0 Å². The van der Waals surface area contributed by atoms with Gasteiger partial charge < -0.3 is 53.9 Å². The Morgan fingerprint density at radius 3 is 0.759 bits per heavy atom. The quantitative estimate of drug-likeness (QED) is 0.220. The van der Waals surface area contributed by atoms with E-state index in [4.69, 9.17) is 61.0 Å². The highest BCUT2D eigenvalue weighted by atomic mass is 16.4. The molecule has 0 unspecified atom stereocenters. The minimum absolute atomic E-state index is 0. The Labute approximate surface area is 169 Å². The van der Waals surface area contributed by atoms with E-state index in [2.05, 4.69) is 5.32 Å². The Morgan fingerprint density at radius 1 is 0.586 bits per heavy atom. The second-order valence-electron chi connectivity index (χ2n) is 3.92. The number of hydrogen-bond acceptors (Lipinski definition) is 9. The van der Waals surface area contributed by atoms with Gasteiger partial charge in [0, 0.05) is 60.8 Å². The monoisotopic (exact) mass is 438 g/mol. The van der Waals surface area contributed by atoms with Crippen LogP contribution in [0.2, 0.25) is 0 Å². The number of carboxylic acid groups (broad SMARTS) is 5. The number of carbonyl (C=O) groups is 5. The van der Waals surface area contributed by atoms with Gasteiger partial charge in [-0.2, -0.15) is 0 Å². The molecule has 29 heavy (non-hydrogen) atoms. The zero-order valence-corrected chi connectivity index (χ0v) is 17.5. The third-order valence-corrected chi connectivity index (χ3v) is 0.642. The van der Waals surface area contributed by atoms with Crippen LogP contribution in [0.25, 0.3) is 0 Å². The number of rotatable bonds is 4. The minimum atomic E-state index is -0.833. The molecule has 0 atom stereocenters. The van der Waals surface area contributed by atoms with Gasteiger partial charge in [0.25, 0.3) is 29.8 Å². The van der Waals surface area contributed by atoms with Crippen LogP contribution in [-0.4, -0.2) is 87.0 Å². The molecule has 0 heterocycles. The van der Waals surface area contributed by atoms with E-state index >= 15 is 0 Å². The zero-order valence-electron chi connectivity index (χ0n) is 17.5. The molecule has 0 spiro atoms. The molecule has 0 aromatic heterocycles. The van der Waals surface area contributed by atoms with Gasteiger partial charge in [-0.3, -0.25) is 24.0 Å². The Morgan fingerprint density at radius 2 is 0.690 bits per heavy atom. The summed E-state index contributed by atoms with van der Waals surface area (Å²) in [4.78, 5) is 45.0. The van der Waals surface area contributed by atoms with Gasteiger partial charge in [-0.15, -0.1) is 0 Å². The number of carboxylic acids is 5. The Hall–Kier alpha value is -2.85. The van der Waals surface area contributed by atoms with Crippen molar-refractivity contribution in [2.45, 2.75) is 34.6 Å². The van der Waals surface area contributed by atoms with Crippen molar-refractivity contribution >= 4 is 29.8 Å². The first-order valence-electron chi connectivity index (χ1n) is 7.16. The average Bonchev–Trinajstić information content (AvgIpc) is 2.35. The van der Waals surface area contributed by atoms with Crippen LogP contribution in [0, 0.1) is 0 Å². The van der Waals surface area contributed by atoms with Crippen molar-refractivity contribution in [1.29, 1.82) is 0 Å². The molecule has 0 aromatic rings. The van der Waals surface area contributed by atoms with E-state index in [0.29, 0.717) is 13.1 Å². The molecule has 15 heteroatoms. The molecule has 0 amide bonds. The Bertz CT molecular complexity index is 287. The number of nitrogens with one attached hydrogen (secondary N) is 1. The van der Waals surface area contributed by atoms with Crippen LogP contribution in [-0.2, 0) is 24.0 Å². The molecule has 0 aromatic carbocycles. The molecule has 0 saturated carbocycles. The summed E-state index contributed by atoms with van der Waals surface area (Å²) in [5.41, 5.74) is 10.3. The standard InChI is InChI=1S/C4H13N3.5C2H4O2.H3N.H2O/c5-1-3-7-4-2-6;5*1-2(3)4;;/h7H,1-6H2;5*1H3,(H,3,4);1H3;1H2. The highest BCUT2D eigenvalue weighted by Crippen LogP contribution is 1.49. The molecule has 0 aliphatic carbocycles. The highest BCUT2D eigenvalue weighted by Gasteiger charge is 1.76. The summed E-state index contributed by atoms with van der Waals surface area (Å²) in [6, 6.07) is 0. The maximum absolute atomic E-state index is 9.00. The lowest BCUT2D eigenvalue weighted by Gasteiger charge is -1.95. The van der Waals surface area contributed by atoms with Gasteiger partial charge in [0.05, 0.1) is 0 Å². The van der Waals surface area contributed by atoms with Crippen LogP contribution in [0.3, 0.4) is 0 Å². The molecule has 0 rings (SSSR count). The predicted molar refractivity (Wildman–Crippen MR) is 106 cm³/mol. The van der Waals surface area contributed by atoms with Gasteiger partial charge >= 0.3 is 0 Å². The summed E-state index contributed by atoms with van der Waals surface area (Å²) in [6.07, 6.45) is 0. The smallest absolute Gasteiger partial charge is 0.300 e. The Balaban J connectivity index is -0.0000000305. The summed E-state index contributed by atoms with van der Waals surface area (Å²) in [5, 5.41) is 40.1. The topological polar surface area (TPSA) is 317 Å². The van der Waals surface area contributed by atoms with E-state index in [-0.39, 0.29) is 11.6 Å². The van der Waals surface area contributed by atoms with Crippen LogP contribution in [0.15, 0.2) is 0 Å². The molecular formula is C14H38N4O11. The summed E-state index contributed by atoms with van der Waals surface area (Å²) in [6.45, 7) is 8.55. The van der Waals surface area contributed by atoms with Crippen molar-refractivity contribution in [3.8, 4) is 0 Å². The lowest BCUT2D eigenvalue weighted by atomic mass is 10.6. The number of hydrogen-bond donors (Lipinski definition) is 9. The number of aliphatic carboxylic acids is 5. The van der Waals surface area contributed by atoms with E-state index in [1.165, 1.54) is 0 Å². The van der Waals surface area contributed by atoms with E-state index in [9.17, 15) is 0 Å². The SMILES string of the molecule is CC(=O)O.CC(=O)O.CC(=O)O.CC(=O)O.CC(=O)O.N.NCCNCCN.O. The summed E-state index contributed by atoms with van der Waals surface area (Å²) in [7, 11) is 0. The van der Waals surface area contributed by atoms with Gasteiger partial charge in [0.15, 0.2) is 0 Å². The van der Waals surface area contributed by atoms with Gasteiger partial charge in [-0.05, 0) is 0 Å². The lowest BCUT2D eigenvalue weighted by Crippen LogP contribution is -2.27. The first kappa shape index (κ1) is 50.2. The third-order valence-electron chi connectivity index (χ3n) is 0.642. The fourth-order valence-corrected chi connectivity index (χ4v) is 0.329. The highest BCUT2D eigenvalue weighted by molar-refractivity contribution is 5.63. The molecule has 0 fully saturated rings. The van der Waals surface area contributed by atoms with Gasteiger partial charge in [-0.1, -0.05) is 0 Å². The largest absolute Gasteiger partial charge is 0.481 e. The van der Waals surface area contributed by atoms with Gasteiger partial charge in [0.2, 0.25) is 0 Å². The predicted octanol–water partition coefficient (Wildman–Crippen LogP) is -1.71. The van der Waals surface area contributed by atoms with E-state index < -0.39 is 29.8 Å². The second-order valence-corrected chi connectivity index (χ2v) is 3.92. The lowest BCUT2D eigenvalue weighted by molar-refractivity contribution is -0.135. The Kier molecular flexibility index (Phi) is 86.3. The molecular weight excluding hydrogens is 400 g/mol. The van der Waals surface area contributed by atoms with E-state index in [0.717, 1.165) is 47.7 Å². The molecule has 0 saturated heterocycles. The first-order valence-corrected chi connectivity index (χ1v) is 7.16. The number of nitrogens with two attached hydrogens (primary N) is 2. The summed E-state index contributed by atoms with van der Waals surface area (Å²) < 4.78 is 0. The fourth-order valence-electron chi connectivity index (χ4n) is 0.329. The van der Waals surface area contributed by atoms with Crippen molar-refractivity contribution in [2.75, 3.05) is 26.2 Å². The maximum Gasteiger partial charge on any atom is 0.300 e. The first-order chi connectivity index (χ1) is 12.1. The maximum atomic E-state index is 9.00. The fraction of sp³-hybridized carbons (Fsp3) is 0.643. The third kappa shape index (κ3) is 10200. The van der Waals surface area contributed by atoms with Crippen molar-refractivity contribution in [3.05, 3.63) is 0 Å². The van der Waals surface area contributed by atoms with Crippen LogP contribution >= 0.6 is 0 Å². The molecule has 0 aliphatic heterocycles. The molecule has 0 bridgehead atoms.